The van der Waals surface area contributed by atoms with Crippen LogP contribution in [0, 0.1) is 11.8 Å². The van der Waals surface area contributed by atoms with Crippen molar-refractivity contribution >= 4 is 67.2 Å². The van der Waals surface area contributed by atoms with Crippen molar-refractivity contribution in [3.63, 3.8) is 0 Å². The van der Waals surface area contributed by atoms with Crippen LogP contribution >= 0.6 is 34.5 Å². The summed E-state index contributed by atoms with van der Waals surface area (Å²) in [7, 11) is -3.66. The SMILES string of the molecule is O=S(=O)(NC[C@H]1CC[C@H](CNc2nc(N3CCOCC3)c3ccccc3n2)CC1)c1cc(Cl)sc1Cl. The molecule has 0 amide bonds. The van der Waals surface area contributed by atoms with E-state index in [9.17, 15) is 8.42 Å². The molecule has 0 unspecified atom stereocenters. The molecule has 194 valence electrons. The van der Waals surface area contributed by atoms with Crippen molar-refractivity contribution in [2.24, 2.45) is 11.8 Å². The summed E-state index contributed by atoms with van der Waals surface area (Å²) in [5.74, 6) is 2.39. The molecule has 2 aromatic heterocycles. The minimum atomic E-state index is -3.66. The number of nitrogens with zero attached hydrogens (tertiary/aromatic N) is 3. The molecule has 0 spiro atoms. The maximum absolute atomic E-state index is 12.6. The number of morpholine rings is 1. The van der Waals surface area contributed by atoms with E-state index in [0.29, 0.717) is 41.9 Å². The number of aromatic nitrogens is 2. The first-order valence-corrected chi connectivity index (χ1v) is 15.2. The van der Waals surface area contributed by atoms with Gasteiger partial charge in [-0.1, -0.05) is 35.3 Å². The van der Waals surface area contributed by atoms with E-state index in [2.05, 4.69) is 21.0 Å². The number of nitrogens with one attached hydrogen (secondary N) is 2. The summed E-state index contributed by atoms with van der Waals surface area (Å²) in [6.07, 6.45) is 3.97. The number of sulfonamides is 1. The summed E-state index contributed by atoms with van der Waals surface area (Å²) in [6, 6.07) is 9.51. The van der Waals surface area contributed by atoms with Crippen molar-refractivity contribution in [2.45, 2.75) is 30.6 Å². The fourth-order valence-electron chi connectivity index (χ4n) is 4.84. The van der Waals surface area contributed by atoms with E-state index in [0.717, 1.165) is 73.4 Å². The second-order valence-electron chi connectivity index (χ2n) is 9.30. The lowest BCUT2D eigenvalue weighted by atomic mass is 9.82. The molecule has 1 saturated heterocycles. The van der Waals surface area contributed by atoms with Crippen molar-refractivity contribution in [2.75, 3.05) is 49.6 Å². The number of halogens is 2. The van der Waals surface area contributed by atoms with E-state index in [1.165, 1.54) is 6.07 Å². The van der Waals surface area contributed by atoms with Crippen LogP contribution in [0.25, 0.3) is 10.9 Å². The minimum absolute atomic E-state index is 0.0592. The van der Waals surface area contributed by atoms with Gasteiger partial charge in [-0.05, 0) is 55.7 Å². The van der Waals surface area contributed by atoms with Crippen molar-refractivity contribution in [3.8, 4) is 0 Å². The second kappa shape index (κ2) is 11.4. The first-order chi connectivity index (χ1) is 17.4. The molecule has 12 heteroatoms. The summed E-state index contributed by atoms with van der Waals surface area (Å²) in [4.78, 5) is 11.9. The molecule has 2 fully saturated rings. The molecule has 0 bridgehead atoms. The van der Waals surface area contributed by atoms with Crippen LogP contribution in [0.5, 0.6) is 0 Å². The lowest BCUT2D eigenvalue weighted by Crippen LogP contribution is -2.37. The van der Waals surface area contributed by atoms with Crippen LogP contribution in [0.2, 0.25) is 8.67 Å². The zero-order valence-corrected chi connectivity index (χ0v) is 22.9. The topological polar surface area (TPSA) is 96.5 Å². The molecule has 3 aromatic rings. The van der Waals surface area contributed by atoms with Crippen LogP contribution in [0.4, 0.5) is 11.8 Å². The molecule has 1 aliphatic heterocycles. The molecule has 8 nitrogen and oxygen atoms in total. The van der Waals surface area contributed by atoms with E-state index in [1.54, 1.807) is 0 Å². The molecular formula is C24H29Cl2N5O3S2. The number of hydrogen-bond donors (Lipinski definition) is 2. The quantitative estimate of drug-likeness (QED) is 0.392. The fourth-order valence-corrected chi connectivity index (χ4v) is 8.11. The Hall–Kier alpha value is -1.69. The lowest BCUT2D eigenvalue weighted by molar-refractivity contribution is 0.122. The summed E-state index contributed by atoms with van der Waals surface area (Å²) >= 11 is 13.0. The predicted octanol–water partition coefficient (Wildman–Crippen LogP) is 5.03. The maximum Gasteiger partial charge on any atom is 0.242 e. The van der Waals surface area contributed by atoms with Gasteiger partial charge in [0.05, 0.1) is 23.1 Å². The lowest BCUT2D eigenvalue weighted by Gasteiger charge is -2.30. The second-order valence-corrected chi connectivity index (χ2v) is 13.3. The summed E-state index contributed by atoms with van der Waals surface area (Å²) in [5.41, 5.74) is 0.930. The molecule has 2 N–H and O–H groups in total. The number of benzene rings is 1. The zero-order valence-electron chi connectivity index (χ0n) is 19.8. The number of anilines is 2. The number of rotatable bonds is 8. The summed E-state index contributed by atoms with van der Waals surface area (Å²) < 4.78 is 34.0. The standard InChI is InChI=1S/C24H29Cl2N5O3S2/c25-21-13-20(22(26)35-21)36(32,33)28-15-17-7-5-16(6-8-17)14-27-24-29-19-4-2-1-3-18(19)23(30-24)31-9-11-34-12-10-31/h1-4,13,16-17,28H,5-12,14-15H2,(H,27,29,30)/t16-,17-. The molecular weight excluding hydrogens is 541 g/mol. The summed E-state index contributed by atoms with van der Waals surface area (Å²) in [6.45, 7) is 4.24. The third-order valence-electron chi connectivity index (χ3n) is 6.89. The van der Waals surface area contributed by atoms with Gasteiger partial charge in [-0.15, -0.1) is 11.3 Å². The van der Waals surface area contributed by atoms with Crippen LogP contribution < -0.4 is 14.9 Å². The molecule has 36 heavy (non-hydrogen) atoms. The van der Waals surface area contributed by atoms with Crippen LogP contribution in [0.15, 0.2) is 35.2 Å². The average Bonchev–Trinajstić information content (AvgIpc) is 3.25. The van der Waals surface area contributed by atoms with Gasteiger partial charge in [0.15, 0.2) is 0 Å². The third kappa shape index (κ3) is 6.06. The maximum atomic E-state index is 12.6. The van der Waals surface area contributed by atoms with Crippen molar-refractivity contribution in [1.82, 2.24) is 14.7 Å². The van der Waals surface area contributed by atoms with Gasteiger partial charge in [0.2, 0.25) is 16.0 Å². The highest BCUT2D eigenvalue weighted by molar-refractivity contribution is 7.89. The Labute approximate surface area is 225 Å². The Morgan fingerprint density at radius 2 is 1.72 bits per heavy atom. The first kappa shape index (κ1) is 25.9. The number of thiophene rings is 1. The third-order valence-corrected chi connectivity index (χ3v) is 10.1. The molecule has 3 heterocycles. The Balaban J connectivity index is 1.15. The van der Waals surface area contributed by atoms with Crippen molar-refractivity contribution < 1.29 is 13.2 Å². The van der Waals surface area contributed by atoms with Gasteiger partial charge < -0.3 is 15.0 Å². The Morgan fingerprint density at radius 1 is 1.03 bits per heavy atom. The highest BCUT2D eigenvalue weighted by Gasteiger charge is 2.26. The number of ether oxygens (including phenoxy) is 1. The highest BCUT2D eigenvalue weighted by atomic mass is 35.5. The largest absolute Gasteiger partial charge is 0.378 e. The number of para-hydroxylation sites is 1. The molecule has 1 saturated carbocycles. The molecule has 0 radical (unpaired) electrons. The van der Waals surface area contributed by atoms with Crippen LogP contribution in [0.1, 0.15) is 25.7 Å². The van der Waals surface area contributed by atoms with Gasteiger partial charge in [-0.25, -0.2) is 18.1 Å². The predicted molar refractivity (Wildman–Crippen MR) is 146 cm³/mol. The van der Waals surface area contributed by atoms with Crippen LogP contribution in [-0.4, -0.2) is 57.8 Å². The zero-order chi connectivity index (χ0) is 25.1. The van der Waals surface area contributed by atoms with Crippen LogP contribution in [0.3, 0.4) is 0 Å². The van der Waals surface area contributed by atoms with Gasteiger partial charge in [-0.3, -0.25) is 0 Å². The van der Waals surface area contributed by atoms with E-state index in [4.69, 9.17) is 37.9 Å². The van der Waals surface area contributed by atoms with Gasteiger partial charge in [0.1, 0.15) is 15.0 Å². The molecule has 0 atom stereocenters. The fraction of sp³-hybridized carbons (Fsp3) is 0.500. The van der Waals surface area contributed by atoms with Gasteiger partial charge in [-0.2, -0.15) is 4.98 Å². The monoisotopic (exact) mass is 569 g/mol. The van der Waals surface area contributed by atoms with Crippen LogP contribution in [-0.2, 0) is 14.8 Å². The van der Waals surface area contributed by atoms with Crippen molar-refractivity contribution in [1.29, 1.82) is 0 Å². The Bertz CT molecular complexity index is 1310. The normalized spacial score (nSPS) is 21.1. The highest BCUT2D eigenvalue weighted by Crippen LogP contribution is 2.35. The molecule has 1 aliphatic carbocycles. The minimum Gasteiger partial charge on any atom is -0.378 e. The van der Waals surface area contributed by atoms with Gasteiger partial charge in [0.25, 0.3) is 0 Å². The van der Waals surface area contributed by atoms with E-state index in [-0.39, 0.29) is 9.23 Å². The molecule has 5 rings (SSSR count). The van der Waals surface area contributed by atoms with Gasteiger partial charge >= 0.3 is 0 Å². The number of hydrogen-bond acceptors (Lipinski definition) is 8. The smallest absolute Gasteiger partial charge is 0.242 e. The number of fused-ring (bicyclic) bond motifs is 1. The van der Waals surface area contributed by atoms with Crippen molar-refractivity contribution in [3.05, 3.63) is 39.0 Å². The van der Waals surface area contributed by atoms with E-state index >= 15 is 0 Å². The molecule has 1 aromatic carbocycles. The summed E-state index contributed by atoms with van der Waals surface area (Å²) in [5, 5.41) is 4.52. The van der Waals surface area contributed by atoms with E-state index < -0.39 is 10.0 Å². The Morgan fingerprint density at radius 3 is 2.42 bits per heavy atom. The van der Waals surface area contributed by atoms with Gasteiger partial charge in [0, 0.05) is 31.6 Å². The Kier molecular flexibility index (Phi) is 8.19. The average molecular weight is 571 g/mol. The van der Waals surface area contributed by atoms with E-state index in [1.807, 2.05) is 18.2 Å². The first-order valence-electron chi connectivity index (χ1n) is 12.2. The molecule has 2 aliphatic rings.